The third-order valence-corrected chi connectivity index (χ3v) is 4.78. The molecule has 1 unspecified atom stereocenters. The smallest absolute Gasteiger partial charge is 0.191 e. The lowest BCUT2D eigenvalue weighted by Crippen LogP contribution is -2.43. The maximum Gasteiger partial charge on any atom is 0.191 e. The summed E-state index contributed by atoms with van der Waals surface area (Å²) in [5.41, 5.74) is 5.86. The first-order valence-electron chi connectivity index (χ1n) is 6.20. The van der Waals surface area contributed by atoms with Gasteiger partial charge < -0.3 is 10.6 Å². The van der Waals surface area contributed by atoms with Gasteiger partial charge in [-0.15, -0.1) is 0 Å². The van der Waals surface area contributed by atoms with E-state index in [0.29, 0.717) is 11.9 Å². The molecule has 17 heavy (non-hydrogen) atoms. The number of piperidine rings is 1. The third kappa shape index (κ3) is 4.93. The largest absolute Gasteiger partial charge is 0.370 e. The SMILES string of the molecule is CCS(=O)(=O)CCN=C(N)N1CCCC(C)C1. The molecule has 1 atom stereocenters. The number of aliphatic imine (C=N–C) groups is 1. The molecule has 0 aromatic heterocycles. The molecule has 5 nitrogen and oxygen atoms in total. The fourth-order valence-corrected chi connectivity index (χ4v) is 2.60. The Morgan fingerprint density at radius 3 is 2.82 bits per heavy atom. The molecular formula is C11H23N3O2S. The first-order valence-corrected chi connectivity index (χ1v) is 8.02. The number of hydrogen-bond acceptors (Lipinski definition) is 3. The molecule has 2 N–H and O–H groups in total. The monoisotopic (exact) mass is 261 g/mol. The van der Waals surface area contributed by atoms with E-state index in [4.69, 9.17) is 5.73 Å². The van der Waals surface area contributed by atoms with Gasteiger partial charge in [-0.25, -0.2) is 8.42 Å². The average molecular weight is 261 g/mol. The van der Waals surface area contributed by atoms with E-state index in [2.05, 4.69) is 11.9 Å². The van der Waals surface area contributed by atoms with Crippen LogP contribution in [0.3, 0.4) is 0 Å². The van der Waals surface area contributed by atoms with Crippen LogP contribution in [0.25, 0.3) is 0 Å². The molecule has 0 spiro atoms. The molecule has 1 aliphatic rings. The summed E-state index contributed by atoms with van der Waals surface area (Å²) < 4.78 is 22.6. The summed E-state index contributed by atoms with van der Waals surface area (Å²) in [6, 6.07) is 0. The second-order valence-corrected chi connectivity index (χ2v) is 7.14. The summed E-state index contributed by atoms with van der Waals surface area (Å²) in [4.78, 5) is 6.20. The van der Waals surface area contributed by atoms with Crippen LogP contribution < -0.4 is 5.73 Å². The van der Waals surface area contributed by atoms with E-state index in [9.17, 15) is 8.42 Å². The summed E-state index contributed by atoms with van der Waals surface area (Å²) in [5.74, 6) is 1.39. The molecule has 0 aromatic carbocycles. The maximum absolute atomic E-state index is 11.3. The minimum atomic E-state index is -2.94. The van der Waals surface area contributed by atoms with Gasteiger partial charge in [0, 0.05) is 18.8 Å². The number of sulfone groups is 1. The van der Waals surface area contributed by atoms with Crippen LogP contribution >= 0.6 is 0 Å². The van der Waals surface area contributed by atoms with E-state index in [0.717, 1.165) is 19.5 Å². The van der Waals surface area contributed by atoms with Crippen molar-refractivity contribution in [1.29, 1.82) is 0 Å². The zero-order chi connectivity index (χ0) is 12.9. The van der Waals surface area contributed by atoms with Gasteiger partial charge in [-0.3, -0.25) is 4.99 Å². The Kier molecular flexibility index (Phi) is 5.24. The number of hydrogen-bond donors (Lipinski definition) is 1. The van der Waals surface area contributed by atoms with E-state index >= 15 is 0 Å². The van der Waals surface area contributed by atoms with Gasteiger partial charge in [-0.2, -0.15) is 0 Å². The Morgan fingerprint density at radius 1 is 1.53 bits per heavy atom. The minimum Gasteiger partial charge on any atom is -0.370 e. The molecular weight excluding hydrogens is 238 g/mol. The van der Waals surface area contributed by atoms with Crippen molar-refractivity contribution in [2.24, 2.45) is 16.6 Å². The van der Waals surface area contributed by atoms with E-state index in [1.165, 1.54) is 6.42 Å². The van der Waals surface area contributed by atoms with Crippen molar-refractivity contribution < 1.29 is 8.42 Å². The van der Waals surface area contributed by atoms with Gasteiger partial charge in [0.2, 0.25) is 0 Å². The molecule has 6 heteroatoms. The first kappa shape index (κ1) is 14.3. The molecule has 0 radical (unpaired) electrons. The Balaban J connectivity index is 2.43. The van der Waals surface area contributed by atoms with Crippen LogP contribution in [0.2, 0.25) is 0 Å². The van der Waals surface area contributed by atoms with Crippen LogP contribution in [0, 0.1) is 5.92 Å². The second kappa shape index (κ2) is 6.23. The van der Waals surface area contributed by atoms with Crippen molar-refractivity contribution in [1.82, 2.24) is 4.90 Å². The van der Waals surface area contributed by atoms with Crippen LogP contribution in [0.4, 0.5) is 0 Å². The summed E-state index contributed by atoms with van der Waals surface area (Å²) in [6.45, 7) is 5.97. The van der Waals surface area contributed by atoms with Gasteiger partial charge in [-0.05, 0) is 18.8 Å². The normalized spacial score (nSPS) is 22.8. The molecule has 1 aliphatic heterocycles. The van der Waals surface area contributed by atoms with E-state index in [1.54, 1.807) is 6.92 Å². The van der Waals surface area contributed by atoms with E-state index in [1.807, 2.05) is 4.90 Å². The molecule has 0 aliphatic carbocycles. The van der Waals surface area contributed by atoms with Crippen LogP contribution in [-0.4, -0.2) is 50.4 Å². The fourth-order valence-electron chi connectivity index (χ4n) is 1.94. The second-order valence-electron chi connectivity index (χ2n) is 4.67. The highest BCUT2D eigenvalue weighted by Gasteiger charge is 2.17. The van der Waals surface area contributed by atoms with Crippen LogP contribution in [0.15, 0.2) is 4.99 Å². The number of rotatable bonds is 4. The topological polar surface area (TPSA) is 75.8 Å². The third-order valence-electron chi connectivity index (χ3n) is 3.10. The average Bonchev–Trinajstić information content (AvgIpc) is 2.28. The van der Waals surface area contributed by atoms with Crippen molar-refractivity contribution in [3.05, 3.63) is 0 Å². The van der Waals surface area contributed by atoms with E-state index in [-0.39, 0.29) is 18.1 Å². The van der Waals surface area contributed by atoms with Gasteiger partial charge in [0.25, 0.3) is 0 Å². The lowest BCUT2D eigenvalue weighted by atomic mass is 10.0. The minimum absolute atomic E-state index is 0.0909. The summed E-state index contributed by atoms with van der Waals surface area (Å²) in [7, 11) is -2.94. The zero-order valence-electron chi connectivity index (χ0n) is 10.7. The van der Waals surface area contributed by atoms with Crippen LogP contribution in [0.5, 0.6) is 0 Å². The van der Waals surface area contributed by atoms with Crippen molar-refractivity contribution in [2.75, 3.05) is 31.1 Å². The first-order chi connectivity index (χ1) is 7.94. The standard InChI is InChI=1S/C11H23N3O2S/c1-3-17(15,16)8-6-13-11(12)14-7-4-5-10(2)9-14/h10H,3-9H2,1-2H3,(H2,12,13). The number of nitrogens with zero attached hydrogens (tertiary/aromatic N) is 2. The lowest BCUT2D eigenvalue weighted by Gasteiger charge is -2.31. The van der Waals surface area contributed by atoms with Crippen molar-refractivity contribution >= 4 is 15.8 Å². The van der Waals surface area contributed by atoms with Gasteiger partial charge in [0.1, 0.15) is 0 Å². The Bertz CT molecular complexity index is 365. The van der Waals surface area contributed by atoms with Crippen molar-refractivity contribution in [3.8, 4) is 0 Å². The van der Waals surface area contributed by atoms with Crippen LogP contribution in [-0.2, 0) is 9.84 Å². The highest BCUT2D eigenvalue weighted by atomic mass is 32.2. The predicted octanol–water partition coefficient (Wildman–Crippen LogP) is 0.468. The summed E-state index contributed by atoms with van der Waals surface area (Å²) >= 11 is 0. The van der Waals surface area contributed by atoms with Gasteiger partial charge in [0.15, 0.2) is 15.8 Å². The molecule has 0 aromatic rings. The number of likely N-dealkylation sites (tertiary alicyclic amines) is 1. The molecule has 0 amide bonds. The molecule has 1 saturated heterocycles. The Hall–Kier alpha value is -0.780. The molecule has 1 heterocycles. The van der Waals surface area contributed by atoms with Crippen LogP contribution in [0.1, 0.15) is 26.7 Å². The molecule has 0 bridgehead atoms. The van der Waals surface area contributed by atoms with E-state index < -0.39 is 9.84 Å². The van der Waals surface area contributed by atoms with Crippen molar-refractivity contribution in [3.63, 3.8) is 0 Å². The number of nitrogens with two attached hydrogens (primary N) is 1. The maximum atomic E-state index is 11.3. The quantitative estimate of drug-likeness (QED) is 0.589. The zero-order valence-corrected chi connectivity index (χ0v) is 11.5. The molecule has 100 valence electrons. The summed E-state index contributed by atoms with van der Waals surface area (Å²) in [5, 5.41) is 0. The van der Waals surface area contributed by atoms with Gasteiger partial charge >= 0.3 is 0 Å². The Labute approximate surface area is 104 Å². The highest BCUT2D eigenvalue weighted by molar-refractivity contribution is 7.91. The van der Waals surface area contributed by atoms with Gasteiger partial charge in [-0.1, -0.05) is 13.8 Å². The molecule has 0 saturated carbocycles. The summed E-state index contributed by atoms with van der Waals surface area (Å²) in [6.07, 6.45) is 2.36. The predicted molar refractivity (Wildman–Crippen MR) is 70.8 cm³/mol. The highest BCUT2D eigenvalue weighted by Crippen LogP contribution is 2.14. The molecule has 1 rings (SSSR count). The van der Waals surface area contributed by atoms with Crippen molar-refractivity contribution in [2.45, 2.75) is 26.7 Å². The fraction of sp³-hybridized carbons (Fsp3) is 0.909. The number of guanidine groups is 1. The lowest BCUT2D eigenvalue weighted by molar-refractivity contribution is 0.270. The Morgan fingerprint density at radius 2 is 2.24 bits per heavy atom. The van der Waals surface area contributed by atoms with Gasteiger partial charge in [0.05, 0.1) is 12.3 Å². The molecule has 1 fully saturated rings.